The van der Waals surface area contributed by atoms with Crippen molar-refractivity contribution in [3.63, 3.8) is 0 Å². The Hall–Kier alpha value is -0.600. The van der Waals surface area contributed by atoms with Crippen molar-refractivity contribution in [3.8, 4) is 0 Å². The van der Waals surface area contributed by atoms with E-state index in [1.54, 1.807) is 12.2 Å². The second kappa shape index (κ2) is 8.54. The molecule has 0 aliphatic carbocycles. The van der Waals surface area contributed by atoms with Crippen LogP contribution in [-0.4, -0.2) is 19.5 Å². The van der Waals surface area contributed by atoms with Crippen LogP contribution >= 0.6 is 0 Å². The number of rotatable bonds is 10. The lowest BCUT2D eigenvalue weighted by Gasteiger charge is -2.33. The lowest BCUT2D eigenvalue weighted by atomic mass is 9.86. The van der Waals surface area contributed by atoms with Gasteiger partial charge in [-0.05, 0) is 6.42 Å². The molecule has 2 heteroatoms. The number of hydrogen-bond donors (Lipinski definition) is 0. The normalized spacial score (nSPS) is 11.8. The van der Waals surface area contributed by atoms with E-state index in [-0.39, 0.29) is 11.7 Å². The van der Waals surface area contributed by atoms with E-state index in [1.807, 2.05) is 0 Å². The molecule has 0 saturated heterocycles. The quantitative estimate of drug-likeness (QED) is 0.415. The van der Waals surface area contributed by atoms with Gasteiger partial charge in [-0.3, -0.25) is 0 Å². The molecule has 0 saturated carbocycles. The summed E-state index contributed by atoms with van der Waals surface area (Å²) in [6.45, 7) is 14.9. The first-order valence-electron chi connectivity index (χ1n) is 6.03. The minimum absolute atomic E-state index is 0.0298. The van der Waals surface area contributed by atoms with Crippen molar-refractivity contribution in [2.75, 3.05) is 13.2 Å². The van der Waals surface area contributed by atoms with Gasteiger partial charge < -0.3 is 9.47 Å². The molecule has 0 atom stereocenters. The van der Waals surface area contributed by atoms with Crippen molar-refractivity contribution in [2.24, 2.45) is 5.41 Å². The van der Waals surface area contributed by atoms with Gasteiger partial charge in [0.1, 0.15) is 0 Å². The molecule has 0 aromatic rings. The Morgan fingerprint density at radius 3 is 2.00 bits per heavy atom. The summed E-state index contributed by atoms with van der Waals surface area (Å²) in [6, 6.07) is 0. The molecule has 16 heavy (non-hydrogen) atoms. The first-order chi connectivity index (χ1) is 7.58. The molecule has 0 aliphatic heterocycles. The van der Waals surface area contributed by atoms with E-state index in [0.29, 0.717) is 13.2 Å². The number of hydrogen-bond acceptors (Lipinski definition) is 2. The molecule has 0 aliphatic rings. The second-order valence-electron chi connectivity index (χ2n) is 4.67. The van der Waals surface area contributed by atoms with Gasteiger partial charge in [-0.15, -0.1) is 13.2 Å². The summed E-state index contributed by atoms with van der Waals surface area (Å²) in [4.78, 5) is 0. The molecule has 0 heterocycles. The Morgan fingerprint density at radius 1 is 1.12 bits per heavy atom. The van der Waals surface area contributed by atoms with Crippen LogP contribution in [0.5, 0.6) is 0 Å². The molecule has 0 fully saturated rings. The molecule has 2 nitrogen and oxygen atoms in total. The Kier molecular flexibility index (Phi) is 8.22. The van der Waals surface area contributed by atoms with Crippen molar-refractivity contribution in [2.45, 2.75) is 46.3 Å². The Bertz CT molecular complexity index is 185. The topological polar surface area (TPSA) is 18.5 Å². The van der Waals surface area contributed by atoms with Crippen LogP contribution < -0.4 is 0 Å². The highest BCUT2D eigenvalue weighted by molar-refractivity contribution is 4.76. The molecule has 0 rings (SSSR count). The third-order valence-corrected chi connectivity index (χ3v) is 2.54. The van der Waals surface area contributed by atoms with E-state index in [4.69, 9.17) is 9.47 Å². The SMILES string of the molecule is C=CCOC(OCC=C)C(C)(C)CCCC. The van der Waals surface area contributed by atoms with Gasteiger partial charge >= 0.3 is 0 Å². The van der Waals surface area contributed by atoms with Gasteiger partial charge in [0.05, 0.1) is 13.2 Å². The average molecular weight is 226 g/mol. The zero-order valence-corrected chi connectivity index (χ0v) is 11.0. The van der Waals surface area contributed by atoms with E-state index in [9.17, 15) is 0 Å². The molecule has 0 amide bonds. The largest absolute Gasteiger partial charge is 0.348 e. The molecule has 0 unspecified atom stereocenters. The molecular weight excluding hydrogens is 200 g/mol. The fourth-order valence-corrected chi connectivity index (χ4v) is 1.56. The maximum atomic E-state index is 5.67. The Labute approximate surface area is 100 Å². The first kappa shape index (κ1) is 15.4. The first-order valence-corrected chi connectivity index (χ1v) is 6.03. The molecule has 0 aromatic heterocycles. The van der Waals surface area contributed by atoms with Crippen molar-refractivity contribution in [1.82, 2.24) is 0 Å². The number of unbranched alkanes of at least 4 members (excludes halogenated alkanes) is 1. The molecule has 94 valence electrons. The van der Waals surface area contributed by atoms with Crippen molar-refractivity contribution < 1.29 is 9.47 Å². The molecule has 0 radical (unpaired) electrons. The highest BCUT2D eigenvalue weighted by atomic mass is 16.7. The predicted octanol–water partition coefficient (Wildman–Crippen LogP) is 3.93. The minimum Gasteiger partial charge on any atom is -0.348 e. The fourth-order valence-electron chi connectivity index (χ4n) is 1.56. The van der Waals surface area contributed by atoms with Crippen molar-refractivity contribution >= 4 is 0 Å². The minimum atomic E-state index is -0.185. The Balaban J connectivity index is 4.30. The van der Waals surface area contributed by atoms with Gasteiger partial charge in [-0.2, -0.15) is 0 Å². The standard InChI is InChI=1S/C14H26O2/c1-6-9-10-14(4,5)13(15-11-7-2)16-12-8-3/h7-8,13H,2-3,6,9-12H2,1,4-5H3. The lowest BCUT2D eigenvalue weighted by Crippen LogP contribution is -2.35. The van der Waals surface area contributed by atoms with Gasteiger partial charge in [0.2, 0.25) is 0 Å². The molecule has 0 spiro atoms. The molecular formula is C14H26O2. The van der Waals surface area contributed by atoms with Crippen molar-refractivity contribution in [1.29, 1.82) is 0 Å². The zero-order valence-electron chi connectivity index (χ0n) is 11.0. The van der Waals surface area contributed by atoms with E-state index in [1.165, 1.54) is 12.8 Å². The summed E-state index contributed by atoms with van der Waals surface area (Å²) >= 11 is 0. The van der Waals surface area contributed by atoms with Gasteiger partial charge in [-0.1, -0.05) is 45.8 Å². The maximum absolute atomic E-state index is 5.67. The van der Waals surface area contributed by atoms with Crippen molar-refractivity contribution in [3.05, 3.63) is 25.3 Å². The van der Waals surface area contributed by atoms with Crippen LogP contribution in [0, 0.1) is 5.41 Å². The van der Waals surface area contributed by atoms with Crippen LogP contribution in [0.1, 0.15) is 40.0 Å². The fraction of sp³-hybridized carbons (Fsp3) is 0.714. The third-order valence-electron chi connectivity index (χ3n) is 2.54. The highest BCUT2D eigenvalue weighted by Gasteiger charge is 2.30. The van der Waals surface area contributed by atoms with Crippen LogP contribution in [0.3, 0.4) is 0 Å². The van der Waals surface area contributed by atoms with Crippen LogP contribution in [0.2, 0.25) is 0 Å². The highest BCUT2D eigenvalue weighted by Crippen LogP contribution is 2.30. The summed E-state index contributed by atoms with van der Waals surface area (Å²) in [6.07, 6.45) is 6.80. The zero-order chi connectivity index (χ0) is 12.4. The summed E-state index contributed by atoms with van der Waals surface area (Å²) in [5, 5.41) is 0. The van der Waals surface area contributed by atoms with E-state index in [2.05, 4.69) is 33.9 Å². The van der Waals surface area contributed by atoms with Crippen LogP contribution in [0.25, 0.3) is 0 Å². The molecule has 0 aromatic carbocycles. The Morgan fingerprint density at radius 2 is 1.62 bits per heavy atom. The van der Waals surface area contributed by atoms with E-state index in [0.717, 1.165) is 6.42 Å². The summed E-state index contributed by atoms with van der Waals surface area (Å²) in [5.41, 5.74) is 0.0298. The van der Waals surface area contributed by atoms with Crippen LogP contribution in [-0.2, 0) is 9.47 Å². The van der Waals surface area contributed by atoms with Crippen LogP contribution in [0.15, 0.2) is 25.3 Å². The summed E-state index contributed by atoms with van der Waals surface area (Å²) in [7, 11) is 0. The third kappa shape index (κ3) is 6.09. The maximum Gasteiger partial charge on any atom is 0.163 e. The smallest absolute Gasteiger partial charge is 0.163 e. The van der Waals surface area contributed by atoms with Gasteiger partial charge in [0.25, 0.3) is 0 Å². The van der Waals surface area contributed by atoms with Gasteiger partial charge in [-0.25, -0.2) is 0 Å². The summed E-state index contributed by atoms with van der Waals surface area (Å²) < 4.78 is 11.3. The predicted molar refractivity (Wildman–Crippen MR) is 69.4 cm³/mol. The second-order valence-corrected chi connectivity index (χ2v) is 4.67. The van der Waals surface area contributed by atoms with E-state index < -0.39 is 0 Å². The monoisotopic (exact) mass is 226 g/mol. The number of ether oxygens (including phenoxy) is 2. The van der Waals surface area contributed by atoms with Gasteiger partial charge in [0, 0.05) is 5.41 Å². The lowest BCUT2D eigenvalue weighted by molar-refractivity contribution is -0.189. The summed E-state index contributed by atoms with van der Waals surface area (Å²) in [5.74, 6) is 0. The van der Waals surface area contributed by atoms with E-state index >= 15 is 0 Å². The van der Waals surface area contributed by atoms with Crippen LogP contribution in [0.4, 0.5) is 0 Å². The molecule has 0 bridgehead atoms. The average Bonchev–Trinajstić information content (AvgIpc) is 2.26. The van der Waals surface area contributed by atoms with Gasteiger partial charge in [0.15, 0.2) is 6.29 Å². The molecule has 0 N–H and O–H groups in total.